The summed E-state index contributed by atoms with van der Waals surface area (Å²) in [7, 11) is 0. The Hall–Kier alpha value is -5.22. The van der Waals surface area contributed by atoms with Gasteiger partial charge in [0.25, 0.3) is 0 Å². The molecule has 1 aromatic heterocycles. The van der Waals surface area contributed by atoms with Crippen LogP contribution in [0.2, 0.25) is 0 Å². The van der Waals surface area contributed by atoms with Crippen molar-refractivity contribution in [2.24, 2.45) is 0 Å². The third kappa shape index (κ3) is 5.49. The largest absolute Gasteiger partial charge is 0.454 e. The maximum Gasteiger partial charge on any atom is 0.329 e. The zero-order chi connectivity index (χ0) is 45.5. The number of fused-ring (bicyclic) bond motifs is 12. The van der Waals surface area contributed by atoms with Gasteiger partial charge in [0.2, 0.25) is 0 Å². The maximum atomic E-state index is 7.54. The van der Waals surface area contributed by atoms with Crippen molar-refractivity contribution >= 4 is 62.5 Å². The van der Waals surface area contributed by atoms with Gasteiger partial charge in [0.05, 0.1) is 11.4 Å². The summed E-state index contributed by atoms with van der Waals surface area (Å²) in [5.41, 5.74) is 23.8. The van der Waals surface area contributed by atoms with Crippen LogP contribution in [0.25, 0.3) is 44.2 Å². The van der Waals surface area contributed by atoms with Crippen molar-refractivity contribution in [3.05, 3.63) is 130 Å². The molecule has 0 spiro atoms. The zero-order valence-corrected chi connectivity index (χ0v) is 41.4. The molecule has 2 atom stereocenters. The molecular weight excluding hydrogens is 787 g/mol. The van der Waals surface area contributed by atoms with Crippen molar-refractivity contribution in [1.82, 2.24) is 0 Å². The first kappa shape index (κ1) is 41.2. The lowest BCUT2D eigenvalue weighted by Crippen LogP contribution is -2.70. The summed E-state index contributed by atoms with van der Waals surface area (Å²) in [6, 6.07) is 38.5. The molecule has 4 heterocycles. The second-order valence-electron chi connectivity index (χ2n) is 24.8. The Bertz CT molecular complexity index is 3190. The summed E-state index contributed by atoms with van der Waals surface area (Å²) in [6.07, 6.45) is 7.24. The quantitative estimate of drug-likeness (QED) is 0.162. The minimum absolute atomic E-state index is 0.00960. The lowest BCUT2D eigenvalue weighted by atomic mass is 9.42. The van der Waals surface area contributed by atoms with Crippen LogP contribution in [-0.2, 0) is 27.1 Å². The lowest BCUT2D eigenvalue weighted by molar-refractivity contribution is 0.199. The first-order chi connectivity index (χ1) is 30.6. The fourth-order valence-corrected chi connectivity index (χ4v) is 13.6. The van der Waals surface area contributed by atoms with Crippen molar-refractivity contribution < 1.29 is 4.42 Å². The van der Waals surface area contributed by atoms with Gasteiger partial charge in [0.15, 0.2) is 5.58 Å². The van der Waals surface area contributed by atoms with E-state index in [-0.39, 0.29) is 39.5 Å². The minimum atomic E-state index is -0.0780. The van der Waals surface area contributed by atoms with Crippen LogP contribution in [0.3, 0.4) is 0 Å². The van der Waals surface area contributed by atoms with Gasteiger partial charge in [-0.1, -0.05) is 150 Å². The molecule has 0 N–H and O–H groups in total. The molecule has 5 aliphatic rings. The van der Waals surface area contributed by atoms with E-state index in [1.807, 2.05) is 0 Å². The molecule has 4 heteroatoms. The molecule has 330 valence electrons. The second-order valence-corrected chi connectivity index (χ2v) is 24.8. The molecule has 65 heavy (non-hydrogen) atoms. The van der Waals surface area contributed by atoms with E-state index in [0.29, 0.717) is 0 Å². The zero-order valence-electron chi connectivity index (χ0n) is 41.4. The van der Waals surface area contributed by atoms with Gasteiger partial charge >= 0.3 is 6.85 Å². The van der Waals surface area contributed by atoms with Crippen LogP contribution in [-0.4, -0.2) is 12.4 Å². The fraction of sp³-hybridized carbons (Fsp3) is 0.410. The van der Waals surface area contributed by atoms with Gasteiger partial charge < -0.3 is 14.1 Å². The van der Waals surface area contributed by atoms with Gasteiger partial charge in [-0.15, -0.1) is 0 Å². The Labute approximate surface area is 388 Å². The predicted octanol–water partition coefficient (Wildman–Crippen LogP) is 15.5. The van der Waals surface area contributed by atoms with E-state index in [0.717, 1.165) is 11.2 Å². The summed E-state index contributed by atoms with van der Waals surface area (Å²) in [4.78, 5) is 5.63. The Balaban J connectivity index is 1.24. The van der Waals surface area contributed by atoms with Gasteiger partial charge in [-0.25, -0.2) is 0 Å². The average Bonchev–Trinajstić information content (AvgIpc) is 3.72. The van der Waals surface area contributed by atoms with Crippen molar-refractivity contribution in [3.8, 4) is 22.3 Å². The van der Waals surface area contributed by atoms with Crippen molar-refractivity contribution in [1.29, 1.82) is 0 Å². The third-order valence-corrected chi connectivity index (χ3v) is 17.8. The van der Waals surface area contributed by atoms with Crippen LogP contribution in [0.1, 0.15) is 155 Å². The third-order valence-electron chi connectivity index (χ3n) is 17.8. The molecule has 12 rings (SSSR count). The van der Waals surface area contributed by atoms with Crippen LogP contribution >= 0.6 is 0 Å². The lowest BCUT2D eigenvalue weighted by Gasteiger charge is -2.55. The highest BCUT2D eigenvalue weighted by molar-refractivity contribution is 6.93. The molecule has 6 aromatic carbocycles. The summed E-state index contributed by atoms with van der Waals surface area (Å²) >= 11 is 0. The summed E-state index contributed by atoms with van der Waals surface area (Å²) in [5.74, 6) is 0. The number of hydrogen-bond acceptors (Lipinski definition) is 3. The van der Waals surface area contributed by atoms with E-state index < -0.39 is 0 Å². The number of benzene rings is 6. The molecule has 7 aromatic rings. The van der Waals surface area contributed by atoms with Crippen molar-refractivity contribution in [2.75, 3.05) is 9.71 Å². The number of anilines is 4. The molecule has 0 bridgehead atoms. The first-order valence-electron chi connectivity index (χ1n) is 24.8. The highest BCUT2D eigenvalue weighted by Gasteiger charge is 2.63. The highest BCUT2D eigenvalue weighted by Crippen LogP contribution is 2.64. The number of hydrogen-bond donors (Lipinski definition) is 0. The Morgan fingerprint density at radius 3 is 1.95 bits per heavy atom. The first-order valence-corrected chi connectivity index (χ1v) is 24.8. The van der Waals surface area contributed by atoms with Gasteiger partial charge in [-0.2, -0.15) is 0 Å². The molecule has 0 saturated heterocycles. The molecule has 1 fully saturated rings. The number of aryl methyl sites for hydroxylation is 1. The van der Waals surface area contributed by atoms with E-state index in [9.17, 15) is 0 Å². The van der Waals surface area contributed by atoms with Crippen molar-refractivity contribution in [2.45, 2.75) is 161 Å². The summed E-state index contributed by atoms with van der Waals surface area (Å²) in [5, 5.41) is 2.44. The maximum absolute atomic E-state index is 7.54. The number of rotatable bonds is 2. The van der Waals surface area contributed by atoms with E-state index in [2.05, 4.69) is 197 Å². The molecule has 2 unspecified atom stereocenters. The normalized spacial score (nSPS) is 22.4. The van der Waals surface area contributed by atoms with Crippen LogP contribution in [0.5, 0.6) is 0 Å². The number of nitrogens with zero attached hydrogens (tertiary/aromatic N) is 2. The molecule has 0 radical (unpaired) electrons. The van der Waals surface area contributed by atoms with E-state index in [1.54, 1.807) is 5.56 Å². The fourth-order valence-electron chi connectivity index (χ4n) is 13.6. The van der Waals surface area contributed by atoms with Crippen LogP contribution in [0.4, 0.5) is 22.7 Å². The molecule has 2 aliphatic carbocycles. The van der Waals surface area contributed by atoms with Crippen LogP contribution in [0.15, 0.2) is 101 Å². The Kier molecular flexibility index (Phi) is 8.26. The molecule has 1 saturated carbocycles. The minimum Gasteiger partial charge on any atom is -0.454 e. The Morgan fingerprint density at radius 1 is 0.569 bits per heavy atom. The molecule has 3 nitrogen and oxygen atoms in total. The summed E-state index contributed by atoms with van der Waals surface area (Å²) < 4.78 is 7.54. The second kappa shape index (κ2) is 13.0. The van der Waals surface area contributed by atoms with E-state index in [1.165, 1.54) is 133 Å². The monoisotopic (exact) mass is 855 g/mol. The predicted molar refractivity (Wildman–Crippen MR) is 278 cm³/mol. The molecule has 3 aliphatic heterocycles. The van der Waals surface area contributed by atoms with Crippen LogP contribution in [0, 0.1) is 6.92 Å². The Morgan fingerprint density at radius 2 is 1.25 bits per heavy atom. The standard InChI is InChI=1S/C61H67BN2O/c1-36-29-43-44-32-39(57(5,6)7)33-47-53(44)64(61(13)26-18-17-25-60(47,61)12)62-48-23-22-40-42-34-45-46(59(10,11)28-27-58(45,8)9)35-51(42)65-55(40)54(48)63(50(30-36)52(43)62)49-24-21-38(56(2,3)4)31-41(49)37-19-15-14-16-20-37/h14-16,19-24,29-35H,17-18,25-28H2,1-13H3. The molecular formula is C61H67BN2O. The van der Waals surface area contributed by atoms with Gasteiger partial charge in [0.1, 0.15) is 5.58 Å². The van der Waals surface area contributed by atoms with Crippen LogP contribution < -0.4 is 20.6 Å². The highest BCUT2D eigenvalue weighted by atomic mass is 16.3. The molecule has 0 amide bonds. The van der Waals surface area contributed by atoms with Gasteiger partial charge in [-0.05, 0) is 153 Å². The SMILES string of the molecule is Cc1cc2c3c(c1)N(c1ccc(C(C)(C)C)cc1-c1ccccc1)c1c(ccc4c1oc1cc5c(cc14)C(C)(C)CCC5(C)C)B3N1c3c-2cc(C(C)(C)C)cc3C2(C)CCCCC12C. The smallest absolute Gasteiger partial charge is 0.329 e. The van der Waals surface area contributed by atoms with Gasteiger partial charge in [-0.3, -0.25) is 0 Å². The van der Waals surface area contributed by atoms with E-state index in [4.69, 9.17) is 4.42 Å². The van der Waals surface area contributed by atoms with Crippen molar-refractivity contribution in [3.63, 3.8) is 0 Å². The topological polar surface area (TPSA) is 19.6 Å². The van der Waals surface area contributed by atoms with Gasteiger partial charge in [0, 0.05) is 44.2 Å². The van der Waals surface area contributed by atoms with E-state index >= 15 is 0 Å². The average molecular weight is 855 g/mol. The number of furan rings is 1. The summed E-state index contributed by atoms with van der Waals surface area (Å²) in [6.45, 7) is 31.5.